The largest absolute Gasteiger partial charge is 0.373 e. The zero-order chi connectivity index (χ0) is 18.6. The quantitative estimate of drug-likeness (QED) is 0.792. The molecular formula is C20H23N3O4. The summed E-state index contributed by atoms with van der Waals surface area (Å²) in [5.74, 6) is -0.0705. The first-order valence-corrected chi connectivity index (χ1v) is 9.29. The van der Waals surface area contributed by atoms with Crippen LogP contribution in [0.1, 0.15) is 18.4 Å². The van der Waals surface area contributed by atoms with Crippen LogP contribution < -0.4 is 5.56 Å². The van der Waals surface area contributed by atoms with Crippen LogP contribution in [-0.4, -0.2) is 51.8 Å². The molecule has 4 rings (SSSR count). The molecule has 4 heterocycles. The predicted molar refractivity (Wildman–Crippen MR) is 98.0 cm³/mol. The van der Waals surface area contributed by atoms with Gasteiger partial charge in [-0.1, -0.05) is 6.07 Å². The molecule has 0 aromatic carbocycles. The van der Waals surface area contributed by atoms with Gasteiger partial charge in [0.05, 0.1) is 12.6 Å². The van der Waals surface area contributed by atoms with Gasteiger partial charge in [0.25, 0.3) is 5.56 Å². The third-order valence-electron chi connectivity index (χ3n) is 5.22. The number of amides is 1. The van der Waals surface area contributed by atoms with Gasteiger partial charge in [0.1, 0.15) is 18.8 Å². The van der Waals surface area contributed by atoms with Crippen molar-refractivity contribution >= 4 is 5.91 Å². The zero-order valence-electron chi connectivity index (χ0n) is 15.1. The van der Waals surface area contributed by atoms with Gasteiger partial charge in [0, 0.05) is 37.8 Å². The molecule has 2 fully saturated rings. The lowest BCUT2D eigenvalue weighted by Crippen LogP contribution is -2.45. The smallest absolute Gasteiger partial charge is 0.250 e. The summed E-state index contributed by atoms with van der Waals surface area (Å²) in [7, 11) is 0. The lowest BCUT2D eigenvalue weighted by Gasteiger charge is -2.32. The van der Waals surface area contributed by atoms with Crippen LogP contribution in [0.15, 0.2) is 53.7 Å². The van der Waals surface area contributed by atoms with Gasteiger partial charge in [-0.3, -0.25) is 14.6 Å². The Morgan fingerprint density at radius 2 is 2.11 bits per heavy atom. The van der Waals surface area contributed by atoms with Crippen LogP contribution in [0.25, 0.3) is 0 Å². The molecule has 0 bridgehead atoms. The molecule has 0 spiro atoms. The molecule has 0 N–H and O–H groups in total. The SMILES string of the molecule is O=C(Cn1ccccc1=O)N1C[C@H](OCc2ccncc2)[C@H]2OCCC[C@H]21. The lowest BCUT2D eigenvalue weighted by atomic mass is 10.0. The molecule has 1 amide bonds. The van der Waals surface area contributed by atoms with E-state index in [1.54, 1.807) is 30.7 Å². The first-order chi connectivity index (χ1) is 13.2. The van der Waals surface area contributed by atoms with Crippen molar-refractivity contribution < 1.29 is 14.3 Å². The minimum atomic E-state index is -0.174. The standard InChI is InChI=1S/C20H23N3O4/c24-18-5-1-2-10-22(18)13-19(25)23-12-17(20-16(23)4-3-11-26-20)27-14-15-6-8-21-9-7-15/h1-2,5-10,16-17,20H,3-4,11-14H2/t16-,17+,20+/m1/s1. The third kappa shape index (κ3) is 3.94. The van der Waals surface area contributed by atoms with E-state index in [9.17, 15) is 9.59 Å². The number of likely N-dealkylation sites (tertiary alicyclic amines) is 1. The van der Waals surface area contributed by atoms with E-state index in [1.807, 2.05) is 17.0 Å². The van der Waals surface area contributed by atoms with Crippen molar-refractivity contribution in [3.63, 3.8) is 0 Å². The molecule has 0 unspecified atom stereocenters. The molecule has 7 heteroatoms. The number of fused-ring (bicyclic) bond motifs is 1. The van der Waals surface area contributed by atoms with Crippen molar-refractivity contribution in [2.75, 3.05) is 13.2 Å². The number of pyridine rings is 2. The van der Waals surface area contributed by atoms with E-state index >= 15 is 0 Å². The third-order valence-corrected chi connectivity index (χ3v) is 5.22. The average Bonchev–Trinajstić information content (AvgIpc) is 3.08. The number of hydrogen-bond acceptors (Lipinski definition) is 5. The van der Waals surface area contributed by atoms with E-state index in [4.69, 9.17) is 9.47 Å². The normalized spacial score (nSPS) is 24.6. The molecule has 3 atom stereocenters. The molecule has 2 saturated heterocycles. The van der Waals surface area contributed by atoms with Crippen LogP contribution in [0, 0.1) is 0 Å². The highest BCUT2D eigenvalue weighted by molar-refractivity contribution is 5.77. The van der Waals surface area contributed by atoms with E-state index in [2.05, 4.69) is 4.98 Å². The van der Waals surface area contributed by atoms with Gasteiger partial charge in [-0.15, -0.1) is 0 Å². The first kappa shape index (κ1) is 17.9. The molecule has 27 heavy (non-hydrogen) atoms. The molecule has 0 saturated carbocycles. The number of rotatable bonds is 5. The van der Waals surface area contributed by atoms with Gasteiger partial charge in [0.15, 0.2) is 0 Å². The first-order valence-electron chi connectivity index (χ1n) is 9.29. The summed E-state index contributed by atoms with van der Waals surface area (Å²) in [6.45, 7) is 1.68. The van der Waals surface area contributed by atoms with Crippen LogP contribution in [-0.2, 0) is 27.4 Å². The fourth-order valence-corrected chi connectivity index (χ4v) is 3.85. The highest BCUT2D eigenvalue weighted by Crippen LogP contribution is 2.31. The highest BCUT2D eigenvalue weighted by atomic mass is 16.5. The summed E-state index contributed by atoms with van der Waals surface area (Å²) in [4.78, 5) is 30.6. The van der Waals surface area contributed by atoms with Crippen molar-refractivity contribution in [2.45, 2.75) is 44.2 Å². The Kier molecular flexibility index (Phi) is 5.31. The Balaban J connectivity index is 1.45. The van der Waals surface area contributed by atoms with Crippen LogP contribution in [0.4, 0.5) is 0 Å². The summed E-state index contributed by atoms with van der Waals surface area (Å²) < 4.78 is 13.5. The molecule has 2 aliphatic heterocycles. The van der Waals surface area contributed by atoms with E-state index in [0.717, 1.165) is 18.4 Å². The zero-order valence-corrected chi connectivity index (χ0v) is 15.1. The number of aromatic nitrogens is 2. The minimum absolute atomic E-state index is 0.00750. The summed E-state index contributed by atoms with van der Waals surface area (Å²) >= 11 is 0. The molecule has 2 aliphatic rings. The Bertz CT molecular complexity index is 838. The number of hydrogen-bond donors (Lipinski definition) is 0. The van der Waals surface area contributed by atoms with Crippen LogP contribution >= 0.6 is 0 Å². The van der Waals surface area contributed by atoms with Crippen LogP contribution in [0.2, 0.25) is 0 Å². The maximum Gasteiger partial charge on any atom is 0.250 e. The Hall–Kier alpha value is -2.51. The van der Waals surface area contributed by atoms with E-state index in [0.29, 0.717) is 19.8 Å². The highest BCUT2D eigenvalue weighted by Gasteiger charge is 2.46. The lowest BCUT2D eigenvalue weighted by molar-refractivity contribution is -0.135. The Labute approximate surface area is 157 Å². The Morgan fingerprint density at radius 1 is 1.26 bits per heavy atom. The monoisotopic (exact) mass is 369 g/mol. The van der Waals surface area contributed by atoms with Gasteiger partial charge in [-0.2, -0.15) is 0 Å². The van der Waals surface area contributed by atoms with Crippen molar-refractivity contribution in [3.8, 4) is 0 Å². The molecule has 2 aromatic heterocycles. The topological polar surface area (TPSA) is 73.7 Å². The minimum Gasteiger partial charge on any atom is -0.373 e. The molecule has 0 aliphatic carbocycles. The van der Waals surface area contributed by atoms with Crippen LogP contribution in [0.5, 0.6) is 0 Å². The fraction of sp³-hybridized carbons (Fsp3) is 0.450. The maximum atomic E-state index is 12.9. The van der Waals surface area contributed by atoms with Crippen molar-refractivity contribution in [3.05, 3.63) is 64.8 Å². The summed E-state index contributed by atoms with van der Waals surface area (Å²) in [5.41, 5.74) is 0.866. The van der Waals surface area contributed by atoms with E-state index in [1.165, 1.54) is 10.6 Å². The fourth-order valence-electron chi connectivity index (χ4n) is 3.85. The van der Waals surface area contributed by atoms with Gasteiger partial charge >= 0.3 is 0 Å². The van der Waals surface area contributed by atoms with Gasteiger partial charge in [-0.05, 0) is 36.6 Å². The van der Waals surface area contributed by atoms with Crippen molar-refractivity contribution in [1.82, 2.24) is 14.5 Å². The van der Waals surface area contributed by atoms with Crippen LogP contribution in [0.3, 0.4) is 0 Å². The molecule has 0 radical (unpaired) electrons. The number of carbonyl (C=O) groups is 1. The average molecular weight is 369 g/mol. The van der Waals surface area contributed by atoms with Crippen molar-refractivity contribution in [2.24, 2.45) is 0 Å². The second-order valence-corrected chi connectivity index (χ2v) is 6.96. The van der Waals surface area contributed by atoms with E-state index in [-0.39, 0.29) is 36.3 Å². The summed E-state index contributed by atoms with van der Waals surface area (Å²) in [6.07, 6.45) is 6.66. The second-order valence-electron chi connectivity index (χ2n) is 6.96. The van der Waals surface area contributed by atoms with Gasteiger partial charge in [-0.25, -0.2) is 0 Å². The summed E-state index contributed by atoms with van der Waals surface area (Å²) in [6, 6.07) is 8.73. The van der Waals surface area contributed by atoms with Gasteiger partial charge < -0.3 is 18.9 Å². The molecule has 7 nitrogen and oxygen atoms in total. The Morgan fingerprint density at radius 3 is 2.93 bits per heavy atom. The van der Waals surface area contributed by atoms with E-state index < -0.39 is 0 Å². The number of carbonyl (C=O) groups excluding carboxylic acids is 1. The van der Waals surface area contributed by atoms with Gasteiger partial charge in [0.2, 0.25) is 5.91 Å². The summed E-state index contributed by atoms with van der Waals surface area (Å²) in [5, 5.41) is 0. The number of nitrogens with zero attached hydrogens (tertiary/aromatic N) is 3. The maximum absolute atomic E-state index is 12.9. The second kappa shape index (κ2) is 8.02. The molecular weight excluding hydrogens is 346 g/mol. The van der Waals surface area contributed by atoms with Crippen molar-refractivity contribution in [1.29, 1.82) is 0 Å². The predicted octanol–water partition coefficient (Wildman–Crippen LogP) is 1.22. The molecule has 2 aromatic rings. The number of ether oxygens (including phenoxy) is 2. The molecule has 142 valence electrons.